The average Bonchev–Trinajstić information content (AvgIpc) is 3.16. The van der Waals surface area contributed by atoms with E-state index in [9.17, 15) is 54.3 Å². The number of carbonyl (C=O) groups is 6. The predicted octanol–water partition coefficient (Wildman–Crippen LogP) is 0.273. The second kappa shape index (κ2) is 8.53. The molecule has 41 heavy (non-hydrogen) atoms. The molecule has 12 nitrogen and oxygen atoms in total. The number of carbonyl (C=O) groups excluding carboxylic acids is 6. The van der Waals surface area contributed by atoms with E-state index in [-0.39, 0.29) is 28.7 Å². The molecule has 2 aromatic rings. The Morgan fingerprint density at radius 3 is 2.10 bits per heavy atom. The minimum absolute atomic E-state index is 0.0101. The summed E-state index contributed by atoms with van der Waals surface area (Å²) in [7, 11) is 0. The molecule has 12 heteroatoms. The Morgan fingerprint density at radius 1 is 0.902 bits per heavy atom. The number of hydrogen-bond donors (Lipinski definition) is 6. The van der Waals surface area contributed by atoms with Crippen molar-refractivity contribution >= 4 is 40.6 Å². The van der Waals surface area contributed by atoms with E-state index in [1.165, 1.54) is 24.3 Å². The summed E-state index contributed by atoms with van der Waals surface area (Å²) in [5, 5.41) is 55.4. The summed E-state index contributed by atoms with van der Waals surface area (Å²) in [5.74, 6) is -13.7. The second-order valence-electron chi connectivity index (χ2n) is 10.5. The Morgan fingerprint density at radius 2 is 1.51 bits per heavy atom. The topological polar surface area (TPSA) is 230 Å². The highest BCUT2D eigenvalue weighted by Crippen LogP contribution is 2.52. The van der Waals surface area contributed by atoms with E-state index in [1.807, 2.05) is 0 Å². The van der Waals surface area contributed by atoms with Crippen molar-refractivity contribution < 1.29 is 54.3 Å². The molecular formula is C29H21NO11. The molecule has 0 spiro atoms. The van der Waals surface area contributed by atoms with Gasteiger partial charge < -0.3 is 31.3 Å². The molecule has 0 bridgehead atoms. The molecule has 1 saturated carbocycles. The number of hydrogen-bond acceptors (Lipinski definition) is 11. The van der Waals surface area contributed by atoms with Crippen molar-refractivity contribution in [2.75, 3.05) is 0 Å². The third-order valence-electron chi connectivity index (χ3n) is 8.54. The van der Waals surface area contributed by atoms with E-state index in [0.717, 1.165) is 0 Å². The summed E-state index contributed by atoms with van der Waals surface area (Å²) in [5.41, 5.74) is -0.256. The standard InChI is InChI=1S/C29H21NO11/c30-28(40)17-15(31)8-14-24(36)18-19(27(39)29(14,41)26(17)38)25(37)16-12(23(18)35)6-5-9(20(16)32)7-13-21(33)10-3-1-2-4-11(10)22(13)34/h1-6,13-14,18,24,32,36-38,41H,7-8H2,(H2,30,40)/t14-,18+,24-,29-/m1/s1. The van der Waals surface area contributed by atoms with E-state index >= 15 is 0 Å². The van der Waals surface area contributed by atoms with Gasteiger partial charge in [0.25, 0.3) is 5.91 Å². The first-order valence-corrected chi connectivity index (χ1v) is 12.5. The minimum atomic E-state index is -3.09. The predicted molar refractivity (Wildman–Crippen MR) is 136 cm³/mol. The SMILES string of the molecule is NC(=O)C1=C(O)[C@@]2(O)C(=O)C3=C(O)c4c(ccc(CC5C(=O)c6ccccc6C5=O)c4O)C(=O)[C@H]3[C@H](O)[C@H]2CC1=O. The number of aromatic hydroxyl groups is 1. The van der Waals surface area contributed by atoms with Crippen molar-refractivity contribution in [3.8, 4) is 5.75 Å². The molecule has 4 aliphatic rings. The number of aliphatic hydroxyl groups is 4. The highest BCUT2D eigenvalue weighted by atomic mass is 16.4. The third-order valence-corrected chi connectivity index (χ3v) is 8.54. The van der Waals surface area contributed by atoms with Gasteiger partial charge in [-0.15, -0.1) is 0 Å². The van der Waals surface area contributed by atoms with E-state index < -0.39 is 105 Å². The number of fused-ring (bicyclic) bond motifs is 4. The second-order valence-corrected chi connectivity index (χ2v) is 10.5. The van der Waals surface area contributed by atoms with E-state index in [2.05, 4.69) is 0 Å². The van der Waals surface area contributed by atoms with Gasteiger partial charge in [0.2, 0.25) is 5.78 Å². The van der Waals surface area contributed by atoms with Gasteiger partial charge >= 0.3 is 0 Å². The molecule has 0 saturated heterocycles. The maximum atomic E-state index is 13.6. The van der Waals surface area contributed by atoms with Crippen LogP contribution < -0.4 is 5.73 Å². The summed E-state index contributed by atoms with van der Waals surface area (Å²) >= 11 is 0. The summed E-state index contributed by atoms with van der Waals surface area (Å²) in [6.45, 7) is 0. The largest absolute Gasteiger partial charge is 0.508 e. The molecule has 0 radical (unpaired) electrons. The maximum absolute atomic E-state index is 13.6. The molecule has 1 fully saturated rings. The zero-order valence-corrected chi connectivity index (χ0v) is 21.0. The highest BCUT2D eigenvalue weighted by Gasteiger charge is 2.65. The zero-order chi connectivity index (χ0) is 29.7. The summed E-state index contributed by atoms with van der Waals surface area (Å²) < 4.78 is 0. The van der Waals surface area contributed by atoms with Crippen LogP contribution in [0.4, 0.5) is 0 Å². The smallest absolute Gasteiger partial charge is 0.255 e. The number of nitrogens with two attached hydrogens (primary N) is 1. The van der Waals surface area contributed by atoms with Crippen LogP contribution in [0.25, 0.3) is 5.76 Å². The number of phenols is 1. The van der Waals surface area contributed by atoms with Crippen LogP contribution in [0, 0.1) is 17.8 Å². The highest BCUT2D eigenvalue weighted by molar-refractivity contribution is 6.27. The Labute approximate surface area is 230 Å². The average molecular weight is 559 g/mol. The van der Waals surface area contributed by atoms with Crippen molar-refractivity contribution in [1.82, 2.24) is 0 Å². The lowest BCUT2D eigenvalue weighted by Crippen LogP contribution is -2.64. The Bertz CT molecular complexity index is 1710. The van der Waals surface area contributed by atoms with Gasteiger partial charge in [-0.25, -0.2) is 0 Å². The maximum Gasteiger partial charge on any atom is 0.255 e. The number of phenolic OH excluding ortho intramolecular Hbond substituents is 1. The number of Topliss-reactive ketones (excluding diaryl/α,β-unsaturated/α-hetero) is 5. The molecule has 4 atom stereocenters. The van der Waals surface area contributed by atoms with E-state index in [0.29, 0.717) is 0 Å². The van der Waals surface area contributed by atoms with E-state index in [4.69, 9.17) is 5.73 Å². The van der Waals surface area contributed by atoms with Gasteiger partial charge in [-0.3, -0.25) is 28.8 Å². The number of ketones is 5. The van der Waals surface area contributed by atoms with Crippen molar-refractivity contribution in [1.29, 1.82) is 0 Å². The van der Waals surface area contributed by atoms with Gasteiger partial charge in [-0.05, 0) is 12.0 Å². The van der Waals surface area contributed by atoms with Gasteiger partial charge in [0, 0.05) is 29.0 Å². The molecule has 7 N–H and O–H groups in total. The lowest BCUT2D eigenvalue weighted by Gasteiger charge is -2.48. The van der Waals surface area contributed by atoms with Crippen LogP contribution in [0.15, 0.2) is 53.3 Å². The van der Waals surface area contributed by atoms with Crippen LogP contribution in [-0.4, -0.2) is 72.1 Å². The van der Waals surface area contributed by atoms with Crippen LogP contribution in [0.2, 0.25) is 0 Å². The van der Waals surface area contributed by atoms with Gasteiger partial charge in [-0.1, -0.05) is 36.4 Å². The minimum Gasteiger partial charge on any atom is -0.508 e. The fourth-order valence-corrected chi connectivity index (χ4v) is 6.50. The molecule has 0 unspecified atom stereocenters. The molecule has 1 amide bonds. The summed E-state index contributed by atoms with van der Waals surface area (Å²) in [6, 6.07) is 8.68. The van der Waals surface area contributed by atoms with Gasteiger partial charge in [0.05, 0.1) is 29.1 Å². The molecular weight excluding hydrogens is 538 g/mol. The van der Waals surface area contributed by atoms with Crippen LogP contribution in [-0.2, 0) is 20.8 Å². The lowest BCUT2D eigenvalue weighted by atomic mass is 9.57. The quantitative estimate of drug-likeness (QED) is 0.221. The number of rotatable bonds is 3. The van der Waals surface area contributed by atoms with E-state index in [1.54, 1.807) is 12.1 Å². The molecule has 6 rings (SSSR count). The summed E-state index contributed by atoms with van der Waals surface area (Å²) in [4.78, 5) is 77.2. The normalized spacial score (nSPS) is 27.6. The molecule has 208 valence electrons. The lowest BCUT2D eigenvalue weighted by molar-refractivity contribution is -0.158. The van der Waals surface area contributed by atoms with Crippen LogP contribution in [0.5, 0.6) is 5.75 Å². The first-order chi connectivity index (χ1) is 19.3. The van der Waals surface area contributed by atoms with Crippen LogP contribution >= 0.6 is 0 Å². The van der Waals surface area contributed by atoms with Crippen molar-refractivity contribution in [2.45, 2.75) is 24.5 Å². The fraction of sp³-hybridized carbons (Fsp3) is 0.241. The van der Waals surface area contributed by atoms with Gasteiger partial charge in [0.15, 0.2) is 28.7 Å². The first-order valence-electron chi connectivity index (χ1n) is 12.5. The zero-order valence-electron chi connectivity index (χ0n) is 21.0. The molecule has 0 heterocycles. The van der Waals surface area contributed by atoms with Crippen molar-refractivity contribution in [2.24, 2.45) is 23.5 Å². The molecule has 0 aromatic heterocycles. The van der Waals surface area contributed by atoms with Gasteiger partial charge in [-0.2, -0.15) is 0 Å². The number of amides is 1. The number of benzene rings is 2. The number of primary amides is 1. The summed E-state index contributed by atoms with van der Waals surface area (Å²) in [6.07, 6.45) is -3.10. The monoisotopic (exact) mass is 559 g/mol. The molecule has 0 aliphatic heterocycles. The Balaban J connectivity index is 1.47. The molecule has 2 aromatic carbocycles. The van der Waals surface area contributed by atoms with Gasteiger partial charge in [0.1, 0.15) is 22.8 Å². The van der Waals surface area contributed by atoms with Crippen molar-refractivity contribution in [3.63, 3.8) is 0 Å². The number of aliphatic hydroxyl groups excluding tert-OH is 3. The fourth-order valence-electron chi connectivity index (χ4n) is 6.50. The first kappa shape index (κ1) is 26.3. The Hall–Kier alpha value is -4.94. The van der Waals surface area contributed by atoms with Crippen molar-refractivity contribution in [3.05, 3.63) is 81.1 Å². The molecule has 4 aliphatic carbocycles. The van der Waals surface area contributed by atoms with Crippen LogP contribution in [0.3, 0.4) is 0 Å². The third kappa shape index (κ3) is 3.22. The Kier molecular flexibility index (Phi) is 5.47. The van der Waals surface area contributed by atoms with Crippen LogP contribution in [0.1, 0.15) is 48.6 Å².